The van der Waals surface area contributed by atoms with E-state index in [1.807, 2.05) is 42.5 Å². The Bertz CT molecular complexity index is 1160. The third-order valence-corrected chi connectivity index (χ3v) is 5.78. The number of ether oxygens (including phenoxy) is 3. The predicted octanol–water partition coefficient (Wildman–Crippen LogP) is 5.01. The molecule has 0 saturated carbocycles. The number of hydrogen-bond acceptors (Lipinski definition) is 6. The number of halogens is 1. The van der Waals surface area contributed by atoms with Crippen molar-refractivity contribution in [2.75, 3.05) is 13.9 Å². The molecule has 0 saturated heterocycles. The first kappa shape index (κ1) is 19.7. The van der Waals surface area contributed by atoms with Crippen molar-refractivity contribution in [3.8, 4) is 23.0 Å². The normalized spacial score (nSPS) is 19.7. The molecule has 3 aromatic carbocycles. The molecule has 0 fully saturated rings. The highest BCUT2D eigenvalue weighted by Gasteiger charge is 2.30. The van der Waals surface area contributed by atoms with Gasteiger partial charge >= 0.3 is 0 Å². The van der Waals surface area contributed by atoms with Crippen molar-refractivity contribution >= 4 is 17.3 Å². The van der Waals surface area contributed by atoms with Gasteiger partial charge in [-0.25, -0.2) is 0 Å². The van der Waals surface area contributed by atoms with Crippen molar-refractivity contribution in [1.29, 1.82) is 0 Å². The zero-order valence-electron chi connectivity index (χ0n) is 16.8. The minimum absolute atomic E-state index is 0.188. The summed E-state index contributed by atoms with van der Waals surface area (Å²) in [5.41, 5.74) is 3.46. The van der Waals surface area contributed by atoms with Crippen LogP contribution in [0.3, 0.4) is 0 Å². The zero-order valence-corrected chi connectivity index (χ0v) is 17.6. The number of aromatic hydroxyl groups is 1. The van der Waals surface area contributed by atoms with Gasteiger partial charge in [-0.1, -0.05) is 29.8 Å². The summed E-state index contributed by atoms with van der Waals surface area (Å²) in [5.74, 6) is 2.36. The average molecular weight is 437 g/mol. The van der Waals surface area contributed by atoms with Gasteiger partial charge in [-0.3, -0.25) is 10.3 Å². The number of nitrogens with one attached hydrogen (secondary N) is 1. The second-order valence-electron chi connectivity index (χ2n) is 7.41. The summed E-state index contributed by atoms with van der Waals surface area (Å²) in [7, 11) is 1.64. The molecule has 3 aromatic rings. The number of methoxy groups -OCH3 is 1. The molecule has 0 radical (unpaired) electrons. The lowest BCUT2D eigenvalue weighted by atomic mass is 9.93. The van der Waals surface area contributed by atoms with E-state index in [0.717, 1.165) is 33.9 Å². The van der Waals surface area contributed by atoms with E-state index in [-0.39, 0.29) is 24.8 Å². The van der Waals surface area contributed by atoms with Gasteiger partial charge in [-0.2, -0.15) is 0 Å². The van der Waals surface area contributed by atoms with Gasteiger partial charge in [0.1, 0.15) is 17.7 Å². The van der Waals surface area contributed by atoms with Crippen molar-refractivity contribution in [3.63, 3.8) is 0 Å². The zero-order chi connectivity index (χ0) is 21.4. The van der Waals surface area contributed by atoms with Gasteiger partial charge in [0.25, 0.3) is 0 Å². The highest BCUT2D eigenvalue weighted by Crippen LogP contribution is 2.39. The molecule has 5 rings (SSSR count). The number of rotatable bonds is 4. The number of nitrogens with zero attached hydrogens (tertiary/aromatic N) is 1. The summed E-state index contributed by atoms with van der Waals surface area (Å²) in [4.78, 5) is 5.00. The summed E-state index contributed by atoms with van der Waals surface area (Å²) in [6.45, 7) is 0.218. The molecular formula is C24H21ClN2O4. The molecule has 0 unspecified atom stereocenters. The summed E-state index contributed by atoms with van der Waals surface area (Å²) in [5, 5.41) is 14.6. The smallest absolute Gasteiger partial charge is 0.231 e. The maximum atomic E-state index is 10.5. The molecule has 7 heteroatoms. The molecule has 0 aliphatic carbocycles. The molecule has 0 aromatic heterocycles. The Kier molecular flexibility index (Phi) is 5.18. The van der Waals surface area contributed by atoms with Crippen LogP contribution in [0.2, 0.25) is 5.02 Å². The molecule has 6 nitrogen and oxygen atoms in total. The van der Waals surface area contributed by atoms with Crippen LogP contribution in [0, 0.1) is 0 Å². The fourth-order valence-corrected chi connectivity index (χ4v) is 4.19. The van der Waals surface area contributed by atoms with E-state index in [2.05, 4.69) is 5.32 Å². The number of fused-ring (bicyclic) bond motifs is 1. The van der Waals surface area contributed by atoms with E-state index < -0.39 is 0 Å². The lowest BCUT2D eigenvalue weighted by Gasteiger charge is -2.31. The van der Waals surface area contributed by atoms with Gasteiger partial charge in [0.05, 0.1) is 7.11 Å². The molecule has 158 valence electrons. The van der Waals surface area contributed by atoms with Gasteiger partial charge in [-0.15, -0.1) is 0 Å². The lowest BCUT2D eigenvalue weighted by Crippen LogP contribution is -2.33. The first-order valence-corrected chi connectivity index (χ1v) is 10.3. The van der Waals surface area contributed by atoms with E-state index in [9.17, 15) is 5.11 Å². The SMILES string of the molecule is COc1ccccc1[C@H]1N=C(c2ccc3c(c2)OCO3)C[C@H](c2cc(Cl)ccc2O)N1. The van der Waals surface area contributed by atoms with Gasteiger partial charge in [-0.05, 0) is 48.0 Å². The fraction of sp³-hybridized carbons (Fsp3) is 0.208. The van der Waals surface area contributed by atoms with Gasteiger partial charge in [0, 0.05) is 34.3 Å². The Morgan fingerprint density at radius 3 is 2.74 bits per heavy atom. The number of hydrogen-bond donors (Lipinski definition) is 2. The minimum atomic E-state index is -0.367. The Hall–Kier alpha value is -3.22. The van der Waals surface area contributed by atoms with Crippen LogP contribution in [0.5, 0.6) is 23.0 Å². The van der Waals surface area contributed by atoms with E-state index >= 15 is 0 Å². The highest BCUT2D eigenvalue weighted by molar-refractivity contribution is 6.30. The summed E-state index contributed by atoms with van der Waals surface area (Å²) < 4.78 is 16.6. The quantitative estimate of drug-likeness (QED) is 0.601. The molecule has 2 N–H and O–H groups in total. The van der Waals surface area contributed by atoms with E-state index in [0.29, 0.717) is 17.2 Å². The number of benzene rings is 3. The van der Waals surface area contributed by atoms with Crippen LogP contribution in [-0.2, 0) is 0 Å². The summed E-state index contributed by atoms with van der Waals surface area (Å²) >= 11 is 6.23. The highest BCUT2D eigenvalue weighted by atomic mass is 35.5. The topological polar surface area (TPSA) is 72.3 Å². The molecule has 2 atom stereocenters. The van der Waals surface area contributed by atoms with Crippen LogP contribution >= 0.6 is 11.6 Å². The van der Waals surface area contributed by atoms with E-state index in [1.54, 1.807) is 25.3 Å². The van der Waals surface area contributed by atoms with Crippen LogP contribution in [0.25, 0.3) is 0 Å². The van der Waals surface area contributed by atoms with Crippen LogP contribution in [0.1, 0.15) is 35.3 Å². The maximum Gasteiger partial charge on any atom is 0.231 e. The van der Waals surface area contributed by atoms with Crippen LogP contribution < -0.4 is 19.5 Å². The number of phenolic OH excluding ortho intramolecular Hbond substituents is 1. The Morgan fingerprint density at radius 1 is 1.03 bits per heavy atom. The molecule has 0 amide bonds. The number of aliphatic imine (C=N–C) groups is 1. The molecule has 2 aliphatic rings. The molecule has 31 heavy (non-hydrogen) atoms. The van der Waals surface area contributed by atoms with Crippen LogP contribution in [0.15, 0.2) is 65.7 Å². The van der Waals surface area contributed by atoms with Gasteiger partial charge in [0.15, 0.2) is 11.5 Å². The first-order chi connectivity index (χ1) is 15.1. The number of para-hydroxylation sites is 1. The minimum Gasteiger partial charge on any atom is -0.508 e. The van der Waals surface area contributed by atoms with Crippen LogP contribution in [-0.4, -0.2) is 24.7 Å². The Morgan fingerprint density at radius 2 is 1.87 bits per heavy atom. The van der Waals surface area contributed by atoms with Crippen molar-refractivity contribution < 1.29 is 19.3 Å². The van der Waals surface area contributed by atoms with Crippen molar-refractivity contribution in [2.45, 2.75) is 18.6 Å². The van der Waals surface area contributed by atoms with E-state index in [1.165, 1.54) is 0 Å². The summed E-state index contributed by atoms with van der Waals surface area (Å²) in [6.07, 6.45) is 0.202. The van der Waals surface area contributed by atoms with Gasteiger partial charge < -0.3 is 19.3 Å². The molecular weight excluding hydrogens is 416 g/mol. The van der Waals surface area contributed by atoms with Crippen molar-refractivity contribution in [3.05, 3.63) is 82.4 Å². The molecule has 2 heterocycles. The molecule has 2 aliphatic heterocycles. The van der Waals surface area contributed by atoms with Crippen molar-refractivity contribution in [1.82, 2.24) is 5.32 Å². The number of phenols is 1. The second-order valence-corrected chi connectivity index (χ2v) is 7.85. The fourth-order valence-electron chi connectivity index (χ4n) is 4.01. The standard InChI is InChI=1S/C24H21ClN2O4/c1-29-21-5-3-2-4-16(21)24-26-18(14-6-9-22-23(10-14)31-13-30-22)12-19(27-24)17-11-15(25)7-8-20(17)28/h2-11,19,24,27-28H,12-13H2,1H3/t19-,24+/m1/s1. The predicted molar refractivity (Wildman–Crippen MR) is 118 cm³/mol. The maximum absolute atomic E-state index is 10.5. The van der Waals surface area contributed by atoms with Crippen LogP contribution in [0.4, 0.5) is 0 Å². The monoisotopic (exact) mass is 436 g/mol. The summed E-state index contributed by atoms with van der Waals surface area (Å²) in [6, 6.07) is 18.5. The van der Waals surface area contributed by atoms with Gasteiger partial charge in [0.2, 0.25) is 6.79 Å². The largest absolute Gasteiger partial charge is 0.508 e. The lowest BCUT2D eigenvalue weighted by molar-refractivity contribution is 0.174. The third kappa shape index (κ3) is 3.80. The second kappa shape index (κ2) is 8.13. The van der Waals surface area contributed by atoms with E-state index in [4.69, 9.17) is 30.8 Å². The van der Waals surface area contributed by atoms with Crippen molar-refractivity contribution in [2.24, 2.45) is 4.99 Å². The Balaban J connectivity index is 1.59. The molecule has 0 bridgehead atoms. The molecule has 0 spiro atoms. The average Bonchev–Trinajstić information content (AvgIpc) is 3.28. The third-order valence-electron chi connectivity index (χ3n) is 5.55. The first-order valence-electron chi connectivity index (χ1n) is 9.96. The Labute approximate surface area is 185 Å².